The van der Waals surface area contributed by atoms with E-state index >= 15 is 0 Å². The minimum atomic E-state index is 0.0386. The Morgan fingerprint density at radius 1 is 0.778 bits per heavy atom. The molecule has 1 heterocycles. The molecule has 2 fully saturated rings. The van der Waals surface area contributed by atoms with E-state index in [2.05, 4.69) is 98.8 Å². The Morgan fingerprint density at radius 3 is 2.38 bits per heavy atom. The van der Waals surface area contributed by atoms with Crippen LogP contribution < -0.4 is 0 Å². The molecular weight excluding hydrogens is 546 g/mol. The van der Waals surface area contributed by atoms with Crippen LogP contribution in [0.1, 0.15) is 94.5 Å². The first kappa shape index (κ1) is 27.5. The second kappa shape index (κ2) is 10.3. The Kier molecular flexibility index (Phi) is 6.31. The summed E-state index contributed by atoms with van der Waals surface area (Å²) in [5, 5.41) is 0. The molecule has 9 rings (SSSR count). The van der Waals surface area contributed by atoms with E-state index in [1.165, 1.54) is 56.1 Å². The van der Waals surface area contributed by atoms with E-state index < -0.39 is 0 Å². The fourth-order valence-corrected chi connectivity index (χ4v) is 10.3. The van der Waals surface area contributed by atoms with Crippen molar-refractivity contribution in [3.63, 3.8) is 0 Å². The van der Waals surface area contributed by atoms with Crippen molar-refractivity contribution in [3.05, 3.63) is 119 Å². The number of hydrogen-bond donors (Lipinski definition) is 0. The lowest BCUT2D eigenvalue weighted by Gasteiger charge is -2.44. The molecule has 0 saturated heterocycles. The van der Waals surface area contributed by atoms with Crippen LogP contribution in [-0.4, -0.2) is 15.0 Å². The minimum Gasteiger partial charge on any atom is -0.208 e. The Labute approximate surface area is 268 Å². The maximum absolute atomic E-state index is 5.11. The maximum atomic E-state index is 5.11. The van der Waals surface area contributed by atoms with Crippen LogP contribution in [0.5, 0.6) is 0 Å². The van der Waals surface area contributed by atoms with E-state index in [0.29, 0.717) is 23.2 Å². The van der Waals surface area contributed by atoms with Crippen LogP contribution in [-0.2, 0) is 5.41 Å². The highest BCUT2D eigenvalue weighted by molar-refractivity contribution is 5.74. The molecule has 1 spiro atoms. The third-order valence-corrected chi connectivity index (χ3v) is 12.4. The second-order valence-electron chi connectivity index (χ2n) is 14.9. The first-order valence-corrected chi connectivity index (χ1v) is 17.5. The smallest absolute Gasteiger partial charge is 0.164 e. The first-order valence-electron chi connectivity index (χ1n) is 17.5. The van der Waals surface area contributed by atoms with Gasteiger partial charge in [-0.2, -0.15) is 0 Å². The maximum Gasteiger partial charge on any atom is 0.164 e. The van der Waals surface area contributed by atoms with Crippen molar-refractivity contribution in [2.45, 2.75) is 83.0 Å². The van der Waals surface area contributed by atoms with Crippen LogP contribution in [0.4, 0.5) is 0 Å². The van der Waals surface area contributed by atoms with Gasteiger partial charge in [0.1, 0.15) is 0 Å². The van der Waals surface area contributed by atoms with Crippen molar-refractivity contribution in [1.82, 2.24) is 15.0 Å². The van der Waals surface area contributed by atoms with Crippen LogP contribution >= 0.6 is 0 Å². The molecule has 2 saturated carbocycles. The van der Waals surface area contributed by atoms with Crippen LogP contribution in [0, 0.1) is 23.2 Å². The summed E-state index contributed by atoms with van der Waals surface area (Å²) in [5.74, 6) is 4.89. The molecular formula is C42H43N3. The summed E-state index contributed by atoms with van der Waals surface area (Å²) in [6.07, 6.45) is 28.4. The van der Waals surface area contributed by atoms with E-state index in [1.54, 1.807) is 11.1 Å². The lowest BCUT2D eigenvalue weighted by atomic mass is 9.60. The van der Waals surface area contributed by atoms with Crippen LogP contribution in [0.15, 0.2) is 102 Å². The van der Waals surface area contributed by atoms with Gasteiger partial charge >= 0.3 is 0 Å². The van der Waals surface area contributed by atoms with Gasteiger partial charge in [-0.15, -0.1) is 0 Å². The first-order chi connectivity index (χ1) is 22.0. The van der Waals surface area contributed by atoms with Crippen LogP contribution in [0.3, 0.4) is 0 Å². The van der Waals surface area contributed by atoms with Gasteiger partial charge in [0.05, 0.1) is 0 Å². The third-order valence-electron chi connectivity index (χ3n) is 12.4. The predicted molar refractivity (Wildman–Crippen MR) is 183 cm³/mol. The van der Waals surface area contributed by atoms with E-state index in [0.717, 1.165) is 52.9 Å². The number of benzene rings is 2. The molecule has 0 N–H and O–H groups in total. The van der Waals surface area contributed by atoms with Gasteiger partial charge in [-0.3, -0.25) is 0 Å². The molecule has 6 aliphatic carbocycles. The van der Waals surface area contributed by atoms with Crippen molar-refractivity contribution < 1.29 is 0 Å². The number of nitrogens with zero attached hydrogens (tertiary/aromatic N) is 3. The van der Waals surface area contributed by atoms with Gasteiger partial charge in [0.15, 0.2) is 17.5 Å². The van der Waals surface area contributed by atoms with Crippen LogP contribution in [0.2, 0.25) is 0 Å². The van der Waals surface area contributed by atoms with E-state index in [1.807, 2.05) is 6.07 Å². The zero-order valence-corrected chi connectivity index (χ0v) is 26.7. The molecule has 3 nitrogen and oxygen atoms in total. The molecule has 226 valence electrons. The quantitative estimate of drug-likeness (QED) is 0.285. The number of allylic oxidation sites excluding steroid dienone is 10. The molecule has 3 heteroatoms. The minimum absolute atomic E-state index is 0.0386. The van der Waals surface area contributed by atoms with Gasteiger partial charge in [0.2, 0.25) is 0 Å². The van der Waals surface area contributed by atoms with Crippen molar-refractivity contribution in [3.8, 4) is 22.8 Å². The van der Waals surface area contributed by atoms with Gasteiger partial charge < -0.3 is 0 Å². The summed E-state index contributed by atoms with van der Waals surface area (Å²) in [6.45, 7) is 4.95. The Morgan fingerprint density at radius 2 is 1.58 bits per heavy atom. The molecule has 4 atom stereocenters. The summed E-state index contributed by atoms with van der Waals surface area (Å²) in [5.41, 5.74) is 10.1. The molecule has 1 aromatic heterocycles. The Hall–Kier alpha value is -3.85. The highest BCUT2D eigenvalue weighted by atomic mass is 15.0. The van der Waals surface area contributed by atoms with E-state index in [4.69, 9.17) is 15.0 Å². The van der Waals surface area contributed by atoms with E-state index in [-0.39, 0.29) is 5.41 Å². The van der Waals surface area contributed by atoms with Gasteiger partial charge in [-0.25, -0.2) is 15.0 Å². The average molecular weight is 590 g/mol. The van der Waals surface area contributed by atoms with Gasteiger partial charge in [-0.1, -0.05) is 129 Å². The van der Waals surface area contributed by atoms with Gasteiger partial charge in [-0.05, 0) is 78.9 Å². The van der Waals surface area contributed by atoms with Crippen molar-refractivity contribution in [2.24, 2.45) is 23.2 Å². The zero-order chi connectivity index (χ0) is 30.2. The van der Waals surface area contributed by atoms with Crippen molar-refractivity contribution in [2.75, 3.05) is 0 Å². The number of rotatable bonds is 3. The third kappa shape index (κ3) is 4.19. The summed E-state index contributed by atoms with van der Waals surface area (Å²) < 4.78 is 0. The molecule has 4 unspecified atom stereocenters. The highest BCUT2D eigenvalue weighted by Crippen LogP contribution is 2.69. The summed E-state index contributed by atoms with van der Waals surface area (Å²) >= 11 is 0. The Bertz CT molecular complexity index is 1830. The molecule has 2 aromatic carbocycles. The largest absolute Gasteiger partial charge is 0.208 e. The number of aromatic nitrogens is 3. The highest BCUT2D eigenvalue weighted by Gasteiger charge is 2.59. The van der Waals surface area contributed by atoms with Crippen molar-refractivity contribution in [1.29, 1.82) is 0 Å². The summed E-state index contributed by atoms with van der Waals surface area (Å²) in [7, 11) is 0. The van der Waals surface area contributed by atoms with Gasteiger partial charge in [0, 0.05) is 28.0 Å². The SMILES string of the molecule is CC1(C)C2=CC3C(CC2c2cc(-c4nc(C5=CCCC=C5)nc(-c5ccccc5)n4)ccc21)C1CC=CC=C1C31CCCCC1. The molecule has 0 radical (unpaired) electrons. The average Bonchev–Trinajstić information content (AvgIpc) is 3.49. The number of fused-ring (bicyclic) bond motifs is 8. The monoisotopic (exact) mass is 589 g/mol. The second-order valence-corrected chi connectivity index (χ2v) is 14.9. The van der Waals surface area contributed by atoms with Crippen molar-refractivity contribution >= 4 is 5.57 Å². The number of hydrogen-bond acceptors (Lipinski definition) is 3. The lowest BCUT2D eigenvalue weighted by molar-refractivity contribution is 0.156. The standard InChI is InChI=1S/C42H43N3/c1-41(2)34-21-20-29(40-44-38(27-14-6-3-7-15-27)43-39(45-40)28-16-8-4-9-17-28)24-31(34)33-25-32-30-18-10-11-19-35(30)42(22-12-5-13-23-42)37(32)26-36(33)41/h3,6-8,10-11,14-17,19-21,24,26,30,32-33,37H,4-5,9,12-13,18,22-23,25H2,1-2H3. The summed E-state index contributed by atoms with van der Waals surface area (Å²) in [6, 6.07) is 17.5. The molecule has 0 amide bonds. The van der Waals surface area contributed by atoms with Gasteiger partial charge in [0.25, 0.3) is 0 Å². The van der Waals surface area contributed by atoms with Crippen LogP contribution in [0.25, 0.3) is 28.3 Å². The fraction of sp³-hybridized carbons (Fsp3) is 0.405. The molecule has 0 bridgehead atoms. The topological polar surface area (TPSA) is 38.7 Å². The predicted octanol–water partition coefficient (Wildman–Crippen LogP) is 10.3. The normalized spacial score (nSPS) is 28.4. The molecule has 0 aliphatic heterocycles. The molecule has 6 aliphatic rings. The lowest BCUT2D eigenvalue weighted by Crippen LogP contribution is -2.34. The fourth-order valence-electron chi connectivity index (χ4n) is 10.3. The van der Waals surface area contributed by atoms with E-state index in [9.17, 15) is 0 Å². The summed E-state index contributed by atoms with van der Waals surface area (Å²) in [4.78, 5) is 15.2. The zero-order valence-electron chi connectivity index (χ0n) is 26.7. The Balaban J connectivity index is 1.15. The molecule has 45 heavy (non-hydrogen) atoms. The molecule has 3 aromatic rings.